The first-order chi connectivity index (χ1) is 18.2. The Balaban J connectivity index is 1.39. The van der Waals surface area contributed by atoms with E-state index in [1.165, 1.54) is 12.1 Å². The van der Waals surface area contributed by atoms with E-state index < -0.39 is 11.8 Å². The number of carboxylic acid groups (broad SMARTS) is 1. The van der Waals surface area contributed by atoms with Gasteiger partial charge in [0.15, 0.2) is 5.69 Å². The third-order valence-electron chi connectivity index (χ3n) is 6.49. The van der Waals surface area contributed by atoms with Crippen LogP contribution in [0.1, 0.15) is 40.7 Å². The number of benzene rings is 1. The number of aromatic carboxylic acids is 1. The molecule has 1 aromatic carbocycles. The number of anilines is 1. The molecule has 3 aromatic rings. The first-order valence-corrected chi connectivity index (χ1v) is 12.7. The van der Waals surface area contributed by atoms with Gasteiger partial charge in [-0.3, -0.25) is 4.90 Å². The minimum Gasteiger partial charge on any atom is -0.477 e. The van der Waals surface area contributed by atoms with Crippen LogP contribution in [0.4, 0.5) is 10.2 Å². The topological polar surface area (TPSA) is 78.8 Å². The lowest BCUT2D eigenvalue weighted by atomic mass is 10.0. The van der Waals surface area contributed by atoms with Gasteiger partial charge in [-0.2, -0.15) is 0 Å². The molecule has 0 radical (unpaired) electrons. The van der Waals surface area contributed by atoms with E-state index in [4.69, 9.17) is 16.3 Å². The molecule has 1 N–H and O–H groups in total. The molecule has 0 atom stereocenters. The van der Waals surface area contributed by atoms with Crippen molar-refractivity contribution in [2.75, 3.05) is 31.6 Å². The van der Waals surface area contributed by atoms with Crippen molar-refractivity contribution < 1.29 is 19.0 Å². The maximum absolute atomic E-state index is 14.1. The Morgan fingerprint density at radius 2 is 2.05 bits per heavy atom. The van der Waals surface area contributed by atoms with Gasteiger partial charge in [-0.05, 0) is 55.7 Å². The Labute approximate surface area is 226 Å². The van der Waals surface area contributed by atoms with Gasteiger partial charge in [0.2, 0.25) is 5.88 Å². The van der Waals surface area contributed by atoms with Gasteiger partial charge in [-0.25, -0.2) is 19.2 Å². The van der Waals surface area contributed by atoms with Crippen LogP contribution in [-0.4, -0.2) is 52.6 Å². The number of aromatic nitrogens is 2. The van der Waals surface area contributed by atoms with Crippen LogP contribution in [0.15, 0.2) is 66.4 Å². The smallest absolute Gasteiger partial charge is 0.354 e. The highest BCUT2D eigenvalue weighted by atomic mass is 35.5. The molecule has 3 heterocycles. The highest BCUT2D eigenvalue weighted by Crippen LogP contribution is 2.26. The molecular weight excluding hydrogens is 507 g/mol. The third kappa shape index (κ3) is 6.57. The van der Waals surface area contributed by atoms with Crippen molar-refractivity contribution in [2.24, 2.45) is 0 Å². The summed E-state index contributed by atoms with van der Waals surface area (Å²) in [7, 11) is 1.91. The normalized spacial score (nSPS) is 14.2. The minimum absolute atomic E-state index is 0.0236. The van der Waals surface area contributed by atoms with E-state index in [9.17, 15) is 14.3 Å². The number of rotatable bonds is 9. The van der Waals surface area contributed by atoms with Crippen molar-refractivity contribution >= 4 is 29.0 Å². The molecule has 198 valence electrons. The van der Waals surface area contributed by atoms with Crippen LogP contribution >= 0.6 is 11.6 Å². The first-order valence-electron chi connectivity index (χ1n) is 12.3. The van der Waals surface area contributed by atoms with Gasteiger partial charge < -0.3 is 14.7 Å². The second-order valence-corrected chi connectivity index (χ2v) is 9.52. The zero-order chi connectivity index (χ0) is 27.2. The maximum atomic E-state index is 14.1. The highest BCUT2D eigenvalue weighted by Gasteiger charge is 2.19. The van der Waals surface area contributed by atoms with Crippen molar-refractivity contribution in [3.8, 4) is 5.88 Å². The Morgan fingerprint density at radius 3 is 2.74 bits per heavy atom. The number of likely N-dealkylation sites (N-methyl/N-ethyl adjacent to an activating group) is 1. The van der Waals surface area contributed by atoms with E-state index in [0.717, 1.165) is 42.0 Å². The standard InChI is InChI=1S/C29H30ClFN4O3/c1-4-23(34(3)28-19(2)8-11-26(33-28)29(36)37)17-35-14-12-20(13-15-35)25-6-5-7-27(32-25)38-18-21-9-10-22(30)16-24(21)31/h4-12,16H,13-15,17-18H2,1-3H3,(H,36,37). The molecule has 2 aromatic heterocycles. The maximum Gasteiger partial charge on any atom is 0.354 e. The summed E-state index contributed by atoms with van der Waals surface area (Å²) < 4.78 is 19.8. The van der Waals surface area contributed by atoms with Crippen LogP contribution in [0.5, 0.6) is 5.88 Å². The van der Waals surface area contributed by atoms with Crippen molar-refractivity contribution in [3.63, 3.8) is 0 Å². The number of hydrogen-bond acceptors (Lipinski definition) is 6. The number of pyridine rings is 2. The van der Waals surface area contributed by atoms with E-state index in [2.05, 4.69) is 20.9 Å². The number of hydrogen-bond donors (Lipinski definition) is 1. The molecule has 0 fully saturated rings. The van der Waals surface area contributed by atoms with Crippen LogP contribution in [-0.2, 0) is 6.61 Å². The second-order valence-electron chi connectivity index (χ2n) is 9.08. The lowest BCUT2D eigenvalue weighted by molar-refractivity contribution is 0.0690. The van der Waals surface area contributed by atoms with Crippen LogP contribution in [0, 0.1) is 12.7 Å². The number of nitrogens with zero attached hydrogens (tertiary/aromatic N) is 4. The number of ether oxygens (including phenoxy) is 1. The van der Waals surface area contributed by atoms with Gasteiger partial charge in [0, 0.05) is 49.0 Å². The summed E-state index contributed by atoms with van der Waals surface area (Å²) in [6, 6.07) is 13.4. The molecule has 1 aliphatic rings. The zero-order valence-corrected chi connectivity index (χ0v) is 22.4. The Hall–Kier alpha value is -3.75. The molecule has 38 heavy (non-hydrogen) atoms. The summed E-state index contributed by atoms with van der Waals surface area (Å²) in [6.45, 7) is 6.23. The number of aryl methyl sites for hydroxylation is 1. The second kappa shape index (κ2) is 12.2. The average molecular weight is 537 g/mol. The lowest BCUT2D eigenvalue weighted by Gasteiger charge is -2.31. The zero-order valence-electron chi connectivity index (χ0n) is 21.6. The molecule has 1 aliphatic heterocycles. The molecule has 7 nitrogen and oxygen atoms in total. The predicted molar refractivity (Wildman–Crippen MR) is 147 cm³/mol. The van der Waals surface area contributed by atoms with Gasteiger partial charge >= 0.3 is 5.97 Å². The largest absolute Gasteiger partial charge is 0.477 e. The molecule has 0 spiro atoms. The van der Waals surface area contributed by atoms with Crippen molar-refractivity contribution in [2.45, 2.75) is 26.9 Å². The van der Waals surface area contributed by atoms with E-state index >= 15 is 0 Å². The number of allylic oxidation sites excluding steroid dienone is 1. The van der Waals surface area contributed by atoms with Gasteiger partial charge in [0.1, 0.15) is 18.2 Å². The SMILES string of the molecule is CC=C(CN1CC=C(c2cccc(OCc3ccc(Cl)cc3F)n2)CC1)N(C)c1nc(C(=O)O)ccc1C. The van der Waals surface area contributed by atoms with Crippen LogP contribution in [0.3, 0.4) is 0 Å². The number of halogens is 2. The van der Waals surface area contributed by atoms with Crippen LogP contribution < -0.4 is 9.64 Å². The first kappa shape index (κ1) is 27.3. The number of carbonyl (C=O) groups is 1. The van der Waals surface area contributed by atoms with E-state index in [1.54, 1.807) is 24.3 Å². The van der Waals surface area contributed by atoms with E-state index in [-0.39, 0.29) is 12.3 Å². The van der Waals surface area contributed by atoms with Crippen molar-refractivity contribution in [3.05, 3.63) is 99.7 Å². The Morgan fingerprint density at radius 1 is 1.24 bits per heavy atom. The minimum atomic E-state index is -1.05. The molecule has 0 saturated carbocycles. The summed E-state index contributed by atoms with van der Waals surface area (Å²) in [5, 5.41) is 9.68. The van der Waals surface area contributed by atoms with Crippen LogP contribution in [0.25, 0.3) is 5.57 Å². The summed E-state index contributed by atoms with van der Waals surface area (Å²) in [5.41, 5.74) is 4.35. The van der Waals surface area contributed by atoms with E-state index in [0.29, 0.717) is 28.8 Å². The molecule has 9 heteroatoms. The van der Waals surface area contributed by atoms with E-state index in [1.807, 2.05) is 44.0 Å². The fourth-order valence-electron chi connectivity index (χ4n) is 4.28. The van der Waals surface area contributed by atoms with Gasteiger partial charge in [-0.15, -0.1) is 0 Å². The fraction of sp³-hybridized carbons (Fsp3) is 0.276. The molecule has 4 rings (SSSR count). The molecular formula is C29H30ClFN4O3. The average Bonchev–Trinajstić information content (AvgIpc) is 2.91. The third-order valence-corrected chi connectivity index (χ3v) is 6.73. The van der Waals surface area contributed by atoms with Gasteiger partial charge in [0.25, 0.3) is 0 Å². The monoisotopic (exact) mass is 536 g/mol. The fourth-order valence-corrected chi connectivity index (χ4v) is 4.44. The van der Waals surface area contributed by atoms with Crippen molar-refractivity contribution in [1.29, 1.82) is 0 Å². The predicted octanol–water partition coefficient (Wildman–Crippen LogP) is 5.98. The lowest BCUT2D eigenvalue weighted by Crippen LogP contribution is -2.35. The van der Waals surface area contributed by atoms with Crippen LogP contribution in [0.2, 0.25) is 5.02 Å². The van der Waals surface area contributed by atoms with Gasteiger partial charge in [0.05, 0.1) is 5.69 Å². The summed E-state index contributed by atoms with van der Waals surface area (Å²) in [4.78, 5) is 24.6. The summed E-state index contributed by atoms with van der Waals surface area (Å²) >= 11 is 5.82. The Bertz CT molecular complexity index is 1390. The Kier molecular flexibility index (Phi) is 8.76. The van der Waals surface area contributed by atoms with Crippen molar-refractivity contribution in [1.82, 2.24) is 14.9 Å². The quantitative estimate of drug-likeness (QED) is 0.360. The molecule has 0 amide bonds. The molecule has 0 bridgehead atoms. The number of carboxylic acids is 1. The molecule has 0 unspecified atom stereocenters. The molecule has 0 aliphatic carbocycles. The summed E-state index contributed by atoms with van der Waals surface area (Å²) in [5.74, 6) is -0.388. The summed E-state index contributed by atoms with van der Waals surface area (Å²) in [6.07, 6.45) is 5.00. The van der Waals surface area contributed by atoms with Gasteiger partial charge in [-0.1, -0.05) is 42.0 Å². The molecule has 0 saturated heterocycles. The highest BCUT2D eigenvalue weighted by molar-refractivity contribution is 6.30.